The number of rotatable bonds is 6. The summed E-state index contributed by atoms with van der Waals surface area (Å²) in [7, 11) is 0. The van der Waals surface area contributed by atoms with Crippen LogP contribution in [0.25, 0.3) is 53.2 Å². The molecule has 0 aliphatic heterocycles. The molecule has 1 heterocycles. The highest BCUT2D eigenvalue weighted by molar-refractivity contribution is 7.26. The van der Waals surface area contributed by atoms with E-state index in [1.807, 2.05) is 72.8 Å². The van der Waals surface area contributed by atoms with Crippen molar-refractivity contribution in [2.24, 2.45) is 0 Å². The van der Waals surface area contributed by atoms with Gasteiger partial charge in [0, 0.05) is 37.2 Å². The van der Waals surface area contributed by atoms with Gasteiger partial charge in [0.1, 0.15) is 0 Å². The minimum absolute atomic E-state index is 0.0633. The summed E-state index contributed by atoms with van der Waals surface area (Å²) in [4.78, 5) is 2.23. The molecule has 0 radical (unpaired) electrons. The van der Waals surface area contributed by atoms with Crippen LogP contribution in [-0.2, 0) is 5.41 Å². The molecule has 0 saturated carbocycles. The summed E-state index contributed by atoms with van der Waals surface area (Å²) >= 11 is 1.65. The van der Waals surface area contributed by atoms with Crippen LogP contribution in [0, 0.1) is 0 Å². The van der Waals surface area contributed by atoms with E-state index in [9.17, 15) is 4.11 Å². The van der Waals surface area contributed by atoms with Gasteiger partial charge in [0.15, 0.2) is 0 Å². The molecule has 1 nitrogen and oxygen atoms in total. The first-order valence-corrected chi connectivity index (χ1v) is 19.2. The molecular formula is C53H35NS. The van der Waals surface area contributed by atoms with Gasteiger partial charge in [-0.3, -0.25) is 0 Å². The van der Waals surface area contributed by atoms with Crippen LogP contribution >= 0.6 is 11.3 Å². The van der Waals surface area contributed by atoms with Crippen LogP contribution in [0.1, 0.15) is 31.8 Å². The quantitative estimate of drug-likeness (QED) is 0.165. The van der Waals surface area contributed by atoms with Crippen LogP contribution in [0.4, 0.5) is 17.1 Å². The molecule has 1 aliphatic carbocycles. The van der Waals surface area contributed by atoms with E-state index in [1.54, 1.807) is 11.3 Å². The first-order valence-electron chi connectivity index (χ1n) is 21.9. The lowest BCUT2D eigenvalue weighted by molar-refractivity contribution is 0.786. The standard InChI is InChI=1S/C53H35NS/c1-3-15-36(16-4-1)37-29-31-40(32-30-37)54(39-19-5-2-6-20-39)41-33-34-49-46(35-41)43-22-9-11-25-48(43)53(49,47-26-13-18-38-17-7-8-21-42(38)47)50-27-14-24-45-44-23-10-12-28-51(44)55-52(45)50/h1-35H/i7D,8D,13D,17D,18D,21D,26D. The van der Waals surface area contributed by atoms with Gasteiger partial charge in [-0.2, -0.15) is 0 Å². The Bertz CT molecular complexity index is 3430. The molecule has 10 aromatic rings. The Labute approximate surface area is 334 Å². The second-order valence-electron chi connectivity index (χ2n) is 13.9. The average molecular weight is 725 g/mol. The zero-order valence-corrected chi connectivity index (χ0v) is 30.3. The molecule has 0 amide bonds. The number of hydrogen-bond donors (Lipinski definition) is 0. The van der Waals surface area contributed by atoms with Gasteiger partial charge < -0.3 is 4.90 Å². The Balaban J connectivity index is 1.26. The molecule has 258 valence electrons. The van der Waals surface area contributed by atoms with Gasteiger partial charge in [-0.15, -0.1) is 11.3 Å². The highest BCUT2D eigenvalue weighted by Crippen LogP contribution is 2.60. The van der Waals surface area contributed by atoms with Crippen molar-refractivity contribution in [2.75, 3.05) is 4.90 Å². The van der Waals surface area contributed by atoms with Crippen LogP contribution in [0.3, 0.4) is 0 Å². The smallest absolute Gasteiger partial charge is 0.0733 e. The fourth-order valence-corrected chi connectivity index (χ4v) is 9.97. The number of fused-ring (bicyclic) bond motifs is 7. The van der Waals surface area contributed by atoms with E-state index in [4.69, 9.17) is 5.48 Å². The summed E-state index contributed by atoms with van der Waals surface area (Å²) in [6, 6.07) is 55.3. The largest absolute Gasteiger partial charge is 0.310 e. The van der Waals surface area contributed by atoms with E-state index in [0.29, 0.717) is 0 Å². The third-order valence-corrected chi connectivity index (χ3v) is 12.2. The summed E-state index contributed by atoms with van der Waals surface area (Å²) in [5.74, 6) is 0. The fraction of sp³-hybridized carbons (Fsp3) is 0.0189. The Kier molecular flexibility index (Phi) is 5.84. The Morgan fingerprint density at radius 2 is 1.05 bits per heavy atom. The Morgan fingerprint density at radius 1 is 0.418 bits per heavy atom. The van der Waals surface area contributed by atoms with Crippen LogP contribution < -0.4 is 4.90 Å². The molecular weight excluding hydrogens is 683 g/mol. The third kappa shape index (κ3) is 4.85. The molecule has 1 aromatic heterocycles. The van der Waals surface area contributed by atoms with Crippen molar-refractivity contribution in [3.8, 4) is 22.3 Å². The van der Waals surface area contributed by atoms with Crippen LogP contribution in [-0.4, -0.2) is 0 Å². The summed E-state index contributed by atoms with van der Waals surface area (Å²) in [6.07, 6.45) is 0. The fourth-order valence-electron chi connectivity index (χ4n) is 8.70. The normalized spacial score (nSPS) is 16.4. The maximum Gasteiger partial charge on any atom is 0.0733 e. The number of thiophene rings is 1. The first kappa shape index (κ1) is 25.3. The molecule has 1 atom stereocenters. The zero-order valence-electron chi connectivity index (χ0n) is 36.5. The average Bonchev–Trinajstić information content (AvgIpc) is 3.84. The van der Waals surface area contributed by atoms with Crippen LogP contribution in [0.15, 0.2) is 212 Å². The van der Waals surface area contributed by atoms with E-state index in [2.05, 4.69) is 102 Å². The number of para-hydroxylation sites is 1. The van der Waals surface area contributed by atoms with Crippen molar-refractivity contribution in [1.82, 2.24) is 0 Å². The van der Waals surface area contributed by atoms with Crippen molar-refractivity contribution in [2.45, 2.75) is 5.41 Å². The predicted molar refractivity (Wildman–Crippen MR) is 234 cm³/mol. The molecule has 11 rings (SSSR count). The first-order chi connectivity index (χ1) is 30.2. The molecule has 0 saturated heterocycles. The topological polar surface area (TPSA) is 3.24 Å². The highest BCUT2D eigenvalue weighted by atomic mass is 32.1. The molecule has 0 spiro atoms. The van der Waals surface area contributed by atoms with Crippen molar-refractivity contribution in [3.63, 3.8) is 0 Å². The Hall–Kier alpha value is -6.74. The van der Waals surface area contributed by atoms with Gasteiger partial charge in [0.05, 0.1) is 15.0 Å². The lowest BCUT2D eigenvalue weighted by Crippen LogP contribution is -2.29. The highest BCUT2D eigenvalue weighted by Gasteiger charge is 2.48. The molecule has 1 unspecified atom stereocenters. The predicted octanol–water partition coefficient (Wildman–Crippen LogP) is 14.7. The second kappa shape index (κ2) is 12.7. The summed E-state index contributed by atoms with van der Waals surface area (Å²) < 4.78 is 66.5. The van der Waals surface area contributed by atoms with Gasteiger partial charge in [-0.1, -0.05) is 170 Å². The summed E-state index contributed by atoms with van der Waals surface area (Å²) in [6.45, 7) is 0. The van der Waals surface area contributed by atoms with E-state index in [0.717, 1.165) is 76.2 Å². The zero-order chi connectivity index (χ0) is 42.4. The van der Waals surface area contributed by atoms with Gasteiger partial charge >= 0.3 is 0 Å². The van der Waals surface area contributed by atoms with Crippen LogP contribution in [0.2, 0.25) is 0 Å². The summed E-state index contributed by atoms with van der Waals surface area (Å²) in [5.41, 5.74) is 8.26. The molecule has 55 heavy (non-hydrogen) atoms. The minimum atomic E-state index is -1.35. The van der Waals surface area contributed by atoms with E-state index < -0.39 is 35.6 Å². The lowest BCUT2D eigenvalue weighted by atomic mass is 9.66. The summed E-state index contributed by atoms with van der Waals surface area (Å²) in [5, 5.41) is 2.13. The van der Waals surface area contributed by atoms with Gasteiger partial charge in [0.2, 0.25) is 0 Å². The number of anilines is 3. The second-order valence-corrected chi connectivity index (χ2v) is 14.9. The number of nitrogens with zero attached hydrogens (tertiary/aromatic N) is 1. The molecule has 0 bridgehead atoms. The number of benzene rings is 9. The SMILES string of the molecule is [2H]c1c([2H])c([2H])c2c(C3(c4cccc5c4sc4ccccc45)c4ccccc4-c4cc(N(c5ccccc5)c5ccc(-c6ccccc6)cc5)ccc43)c([2H])c([2H])c([2H])c2c1[2H]. The van der Waals surface area contributed by atoms with Gasteiger partial charge in [-0.05, 0) is 97.7 Å². The minimum Gasteiger partial charge on any atom is -0.310 e. The maximum absolute atomic E-state index is 9.90. The van der Waals surface area contributed by atoms with Crippen molar-refractivity contribution in [3.05, 3.63) is 234 Å². The van der Waals surface area contributed by atoms with E-state index >= 15 is 0 Å². The molecule has 0 fully saturated rings. The van der Waals surface area contributed by atoms with Crippen molar-refractivity contribution < 1.29 is 9.60 Å². The lowest BCUT2D eigenvalue weighted by Gasteiger charge is -2.35. The number of hydrogen-bond acceptors (Lipinski definition) is 2. The molecule has 2 heteroatoms. The third-order valence-electron chi connectivity index (χ3n) is 11.0. The van der Waals surface area contributed by atoms with E-state index in [1.165, 1.54) is 0 Å². The van der Waals surface area contributed by atoms with Crippen molar-refractivity contribution >= 4 is 59.3 Å². The van der Waals surface area contributed by atoms with Crippen LogP contribution in [0.5, 0.6) is 0 Å². The van der Waals surface area contributed by atoms with Gasteiger partial charge in [0.25, 0.3) is 0 Å². The van der Waals surface area contributed by atoms with Gasteiger partial charge in [-0.25, -0.2) is 0 Å². The van der Waals surface area contributed by atoms with E-state index in [-0.39, 0.29) is 28.4 Å². The molecule has 9 aromatic carbocycles. The molecule has 0 N–H and O–H groups in total. The molecule has 1 aliphatic rings. The monoisotopic (exact) mass is 724 g/mol. The maximum atomic E-state index is 9.90. The Morgan fingerprint density at radius 3 is 1.93 bits per heavy atom. The van der Waals surface area contributed by atoms with Crippen molar-refractivity contribution in [1.29, 1.82) is 0 Å².